The summed E-state index contributed by atoms with van der Waals surface area (Å²) < 4.78 is 5.19. The highest BCUT2D eigenvalue weighted by atomic mass is 16.5. The van der Waals surface area contributed by atoms with Crippen molar-refractivity contribution >= 4 is 5.97 Å². The van der Waals surface area contributed by atoms with Crippen LogP contribution in [0.4, 0.5) is 0 Å². The maximum absolute atomic E-state index is 12.5. The van der Waals surface area contributed by atoms with Crippen molar-refractivity contribution in [1.29, 1.82) is 0 Å². The van der Waals surface area contributed by atoms with Gasteiger partial charge in [0.1, 0.15) is 5.54 Å². The number of piperazine rings is 1. The summed E-state index contributed by atoms with van der Waals surface area (Å²) in [5.74, 6) is 1.66. The molecule has 0 aromatic heterocycles. The average Bonchev–Trinajstić information content (AvgIpc) is 3.32. The monoisotopic (exact) mass is 266 g/mol. The summed E-state index contributed by atoms with van der Waals surface area (Å²) in [6.07, 6.45) is 7.27. The van der Waals surface area contributed by atoms with Gasteiger partial charge in [-0.2, -0.15) is 0 Å². The molecule has 2 unspecified atom stereocenters. The van der Waals surface area contributed by atoms with Crippen molar-refractivity contribution in [1.82, 2.24) is 10.2 Å². The molecule has 1 aliphatic heterocycles. The molecule has 2 saturated carbocycles. The average molecular weight is 266 g/mol. The minimum absolute atomic E-state index is 0.0137. The Kier molecular flexibility index (Phi) is 3.81. The molecule has 0 bridgehead atoms. The van der Waals surface area contributed by atoms with Gasteiger partial charge in [0.2, 0.25) is 0 Å². The van der Waals surface area contributed by atoms with Gasteiger partial charge in [0.15, 0.2) is 0 Å². The third kappa shape index (κ3) is 2.52. The lowest BCUT2D eigenvalue weighted by Gasteiger charge is -2.48. The van der Waals surface area contributed by atoms with Gasteiger partial charge in [-0.1, -0.05) is 12.8 Å². The maximum Gasteiger partial charge on any atom is 0.326 e. The summed E-state index contributed by atoms with van der Waals surface area (Å²) in [5.41, 5.74) is -0.317. The van der Waals surface area contributed by atoms with E-state index in [9.17, 15) is 4.79 Å². The molecular weight excluding hydrogens is 240 g/mol. The SMILES string of the molecule is COC(=O)C1(N2CCNCC2)CCCC(C2CC2)C1. The molecule has 3 aliphatic rings. The van der Waals surface area contributed by atoms with E-state index in [0.717, 1.165) is 50.9 Å². The van der Waals surface area contributed by atoms with E-state index in [2.05, 4.69) is 10.2 Å². The number of carbonyl (C=O) groups is 1. The predicted molar refractivity (Wildman–Crippen MR) is 73.9 cm³/mol. The van der Waals surface area contributed by atoms with Gasteiger partial charge in [0, 0.05) is 26.2 Å². The van der Waals surface area contributed by atoms with E-state index >= 15 is 0 Å². The summed E-state index contributed by atoms with van der Waals surface area (Å²) >= 11 is 0. The van der Waals surface area contributed by atoms with E-state index in [-0.39, 0.29) is 11.5 Å². The quantitative estimate of drug-likeness (QED) is 0.784. The third-order valence-corrected chi connectivity index (χ3v) is 5.34. The molecule has 1 heterocycles. The van der Waals surface area contributed by atoms with Crippen LogP contribution in [0.1, 0.15) is 38.5 Å². The Morgan fingerprint density at radius 3 is 2.58 bits per heavy atom. The Labute approximate surface area is 115 Å². The minimum atomic E-state index is -0.317. The first-order chi connectivity index (χ1) is 9.26. The molecule has 0 aromatic carbocycles. The molecule has 1 saturated heterocycles. The number of hydrogen-bond donors (Lipinski definition) is 1. The molecule has 0 spiro atoms. The first-order valence-corrected chi connectivity index (χ1v) is 7.80. The molecule has 0 radical (unpaired) electrons. The van der Waals surface area contributed by atoms with Gasteiger partial charge < -0.3 is 10.1 Å². The zero-order valence-corrected chi connectivity index (χ0v) is 12.0. The van der Waals surface area contributed by atoms with Crippen molar-refractivity contribution in [3.63, 3.8) is 0 Å². The summed E-state index contributed by atoms with van der Waals surface area (Å²) in [4.78, 5) is 14.9. The van der Waals surface area contributed by atoms with Crippen LogP contribution in [0.15, 0.2) is 0 Å². The molecule has 108 valence electrons. The lowest BCUT2D eigenvalue weighted by atomic mass is 9.72. The van der Waals surface area contributed by atoms with Crippen LogP contribution in [0.3, 0.4) is 0 Å². The Bertz CT molecular complexity index is 337. The first kappa shape index (κ1) is 13.4. The van der Waals surface area contributed by atoms with E-state index in [4.69, 9.17) is 4.74 Å². The van der Waals surface area contributed by atoms with E-state index in [0.29, 0.717) is 0 Å². The van der Waals surface area contributed by atoms with Gasteiger partial charge in [-0.3, -0.25) is 9.69 Å². The topological polar surface area (TPSA) is 41.6 Å². The normalized spacial score (nSPS) is 37.0. The van der Waals surface area contributed by atoms with Crippen LogP contribution in [0, 0.1) is 11.8 Å². The number of hydrogen-bond acceptors (Lipinski definition) is 4. The van der Waals surface area contributed by atoms with Crippen molar-refractivity contribution in [2.24, 2.45) is 11.8 Å². The molecule has 3 rings (SSSR count). The van der Waals surface area contributed by atoms with E-state index in [1.165, 1.54) is 25.7 Å². The number of carbonyl (C=O) groups excluding carboxylic acids is 1. The standard InChI is InChI=1S/C15H26N2O2/c1-19-14(18)15(17-9-7-16-8-10-17)6-2-3-13(11-15)12-4-5-12/h12-13,16H,2-11H2,1H3. The number of nitrogens with zero attached hydrogens (tertiary/aromatic N) is 1. The number of nitrogens with one attached hydrogen (secondary N) is 1. The smallest absolute Gasteiger partial charge is 0.326 e. The Morgan fingerprint density at radius 2 is 1.95 bits per heavy atom. The molecule has 4 heteroatoms. The summed E-state index contributed by atoms with van der Waals surface area (Å²) in [7, 11) is 1.55. The van der Waals surface area contributed by atoms with Gasteiger partial charge in [0.05, 0.1) is 7.11 Å². The van der Waals surface area contributed by atoms with Gasteiger partial charge in [0.25, 0.3) is 0 Å². The molecule has 1 N–H and O–H groups in total. The highest BCUT2D eigenvalue weighted by Crippen LogP contribution is 2.48. The number of methoxy groups -OCH3 is 1. The van der Waals surface area contributed by atoms with Crippen LogP contribution in [0.5, 0.6) is 0 Å². The maximum atomic E-state index is 12.5. The van der Waals surface area contributed by atoms with Crippen LogP contribution in [-0.4, -0.2) is 49.7 Å². The highest BCUT2D eigenvalue weighted by molar-refractivity contribution is 5.81. The summed E-state index contributed by atoms with van der Waals surface area (Å²) in [5, 5.41) is 3.38. The van der Waals surface area contributed by atoms with Crippen molar-refractivity contribution < 1.29 is 9.53 Å². The molecule has 3 fully saturated rings. The Hall–Kier alpha value is -0.610. The second kappa shape index (κ2) is 5.41. The van der Waals surface area contributed by atoms with Gasteiger partial charge in [-0.05, 0) is 37.5 Å². The van der Waals surface area contributed by atoms with Gasteiger partial charge in [-0.25, -0.2) is 0 Å². The largest absolute Gasteiger partial charge is 0.468 e. The molecule has 2 atom stereocenters. The van der Waals surface area contributed by atoms with Crippen molar-refractivity contribution in [3.8, 4) is 0 Å². The fourth-order valence-electron chi connectivity index (χ4n) is 4.15. The fourth-order valence-corrected chi connectivity index (χ4v) is 4.15. The molecule has 0 aromatic rings. The molecular formula is C15H26N2O2. The second-order valence-electron chi connectivity index (χ2n) is 6.45. The van der Waals surface area contributed by atoms with Crippen LogP contribution >= 0.6 is 0 Å². The van der Waals surface area contributed by atoms with Crippen molar-refractivity contribution in [3.05, 3.63) is 0 Å². The fraction of sp³-hybridized carbons (Fsp3) is 0.933. The summed E-state index contributed by atoms with van der Waals surface area (Å²) in [6.45, 7) is 3.94. The predicted octanol–water partition coefficient (Wildman–Crippen LogP) is 1.40. The van der Waals surface area contributed by atoms with Crippen molar-refractivity contribution in [2.75, 3.05) is 33.3 Å². The zero-order valence-electron chi connectivity index (χ0n) is 12.0. The minimum Gasteiger partial charge on any atom is -0.468 e. The summed E-state index contributed by atoms with van der Waals surface area (Å²) in [6, 6.07) is 0. The van der Waals surface area contributed by atoms with E-state index in [1.807, 2.05) is 0 Å². The van der Waals surface area contributed by atoms with Crippen LogP contribution in [-0.2, 0) is 9.53 Å². The first-order valence-electron chi connectivity index (χ1n) is 7.80. The number of ether oxygens (including phenoxy) is 1. The van der Waals surface area contributed by atoms with E-state index in [1.54, 1.807) is 7.11 Å². The van der Waals surface area contributed by atoms with Gasteiger partial charge >= 0.3 is 5.97 Å². The van der Waals surface area contributed by atoms with Crippen LogP contribution in [0.25, 0.3) is 0 Å². The van der Waals surface area contributed by atoms with Gasteiger partial charge in [-0.15, -0.1) is 0 Å². The molecule has 0 amide bonds. The lowest BCUT2D eigenvalue weighted by Crippen LogP contribution is -2.62. The Balaban J connectivity index is 1.80. The zero-order chi connectivity index (χ0) is 13.3. The van der Waals surface area contributed by atoms with Crippen LogP contribution < -0.4 is 5.32 Å². The lowest BCUT2D eigenvalue weighted by molar-refractivity contribution is -0.160. The molecule has 2 aliphatic carbocycles. The number of rotatable bonds is 3. The number of esters is 1. The second-order valence-corrected chi connectivity index (χ2v) is 6.45. The molecule has 19 heavy (non-hydrogen) atoms. The van der Waals surface area contributed by atoms with E-state index < -0.39 is 0 Å². The Morgan fingerprint density at radius 1 is 1.21 bits per heavy atom. The third-order valence-electron chi connectivity index (χ3n) is 5.34. The van der Waals surface area contributed by atoms with Crippen molar-refractivity contribution in [2.45, 2.75) is 44.1 Å². The van der Waals surface area contributed by atoms with Crippen LogP contribution in [0.2, 0.25) is 0 Å². The highest BCUT2D eigenvalue weighted by Gasteiger charge is 2.50. The molecule has 4 nitrogen and oxygen atoms in total.